The van der Waals surface area contributed by atoms with Gasteiger partial charge in [-0.15, -0.1) is 0 Å². The van der Waals surface area contributed by atoms with Crippen molar-refractivity contribution in [2.24, 2.45) is 0 Å². The topological polar surface area (TPSA) is 66.0 Å². The van der Waals surface area contributed by atoms with Crippen LogP contribution in [0.5, 0.6) is 0 Å². The Kier molecular flexibility index (Phi) is 3.92. The van der Waals surface area contributed by atoms with Crippen molar-refractivity contribution in [3.8, 4) is 6.07 Å². The number of hydrogen-bond acceptors (Lipinski definition) is 2. The summed E-state index contributed by atoms with van der Waals surface area (Å²) in [5, 5.41) is 17.3. The molecular weight excluding hydrogens is 192 g/mol. The zero-order chi connectivity index (χ0) is 11.3. The van der Waals surface area contributed by atoms with E-state index in [0.29, 0.717) is 24.9 Å². The smallest absolute Gasteiger partial charge is 0.337 e. The fourth-order valence-corrected chi connectivity index (χ4v) is 1.63. The molecule has 0 aliphatic rings. The van der Waals surface area contributed by atoms with Crippen molar-refractivity contribution in [3.63, 3.8) is 0 Å². The summed E-state index contributed by atoms with van der Waals surface area (Å²) < 4.78 is 1.92. The Bertz CT molecular complexity index is 388. The number of carboxylic acids is 1. The molecule has 0 saturated carbocycles. The van der Waals surface area contributed by atoms with Gasteiger partial charge in [-0.05, 0) is 18.9 Å². The van der Waals surface area contributed by atoms with Gasteiger partial charge in [0.1, 0.15) is 0 Å². The quantitative estimate of drug-likeness (QED) is 0.750. The molecule has 0 radical (unpaired) electrons. The molecule has 0 aliphatic carbocycles. The lowest BCUT2D eigenvalue weighted by molar-refractivity contribution is 0.0695. The Morgan fingerprint density at radius 2 is 2.40 bits per heavy atom. The first kappa shape index (κ1) is 11.3. The van der Waals surface area contributed by atoms with Gasteiger partial charge < -0.3 is 9.67 Å². The van der Waals surface area contributed by atoms with Gasteiger partial charge in [0.15, 0.2) is 0 Å². The lowest BCUT2D eigenvalue weighted by Crippen LogP contribution is -2.06. The van der Waals surface area contributed by atoms with E-state index in [1.807, 2.05) is 11.5 Å². The minimum Gasteiger partial charge on any atom is -0.478 e. The molecule has 1 rings (SSSR count). The summed E-state index contributed by atoms with van der Waals surface area (Å²) in [5.74, 6) is -0.883. The minimum atomic E-state index is -0.883. The van der Waals surface area contributed by atoms with Crippen molar-refractivity contribution in [2.45, 2.75) is 32.7 Å². The third kappa shape index (κ3) is 2.59. The van der Waals surface area contributed by atoms with Crippen LogP contribution < -0.4 is 0 Å². The minimum absolute atomic E-state index is 0.370. The van der Waals surface area contributed by atoms with Gasteiger partial charge in [0, 0.05) is 24.9 Å². The van der Waals surface area contributed by atoms with Gasteiger partial charge >= 0.3 is 5.97 Å². The molecule has 4 nitrogen and oxygen atoms in total. The maximum Gasteiger partial charge on any atom is 0.337 e. The Morgan fingerprint density at radius 1 is 1.67 bits per heavy atom. The molecular formula is C11H14N2O2. The van der Waals surface area contributed by atoms with Crippen molar-refractivity contribution in [1.82, 2.24) is 4.57 Å². The number of hydrogen-bond donors (Lipinski definition) is 1. The summed E-state index contributed by atoms with van der Waals surface area (Å²) in [6, 6.07) is 3.69. The van der Waals surface area contributed by atoms with Crippen LogP contribution in [0.25, 0.3) is 0 Å². The molecule has 4 heteroatoms. The lowest BCUT2D eigenvalue weighted by Gasteiger charge is -2.06. The van der Waals surface area contributed by atoms with Crippen LogP contribution in [-0.2, 0) is 13.0 Å². The van der Waals surface area contributed by atoms with Crippen LogP contribution in [0.3, 0.4) is 0 Å². The van der Waals surface area contributed by atoms with Gasteiger partial charge in [0.25, 0.3) is 0 Å². The zero-order valence-corrected chi connectivity index (χ0v) is 8.73. The molecule has 0 amide bonds. The average molecular weight is 206 g/mol. The first-order valence-corrected chi connectivity index (χ1v) is 4.99. The maximum absolute atomic E-state index is 10.9. The Balaban J connectivity index is 2.81. The van der Waals surface area contributed by atoms with Crippen LogP contribution in [0, 0.1) is 11.3 Å². The van der Waals surface area contributed by atoms with Gasteiger partial charge in [0.05, 0.1) is 11.6 Å². The van der Waals surface area contributed by atoms with E-state index in [4.69, 9.17) is 10.4 Å². The zero-order valence-electron chi connectivity index (χ0n) is 8.73. The number of nitriles is 1. The third-order valence-electron chi connectivity index (χ3n) is 2.33. The number of nitrogens with zero attached hydrogens (tertiary/aromatic N) is 2. The second-order valence-electron chi connectivity index (χ2n) is 3.29. The molecule has 0 saturated heterocycles. The monoisotopic (exact) mass is 206 g/mol. The molecule has 1 N–H and O–H groups in total. The normalized spacial score (nSPS) is 9.87. The van der Waals surface area contributed by atoms with Crippen LogP contribution in [0.1, 0.15) is 35.8 Å². The van der Waals surface area contributed by atoms with Gasteiger partial charge in [-0.3, -0.25) is 0 Å². The van der Waals surface area contributed by atoms with E-state index in [1.165, 1.54) is 0 Å². The van der Waals surface area contributed by atoms with Crippen molar-refractivity contribution in [1.29, 1.82) is 5.26 Å². The largest absolute Gasteiger partial charge is 0.478 e. The summed E-state index contributed by atoms with van der Waals surface area (Å²) in [4.78, 5) is 10.9. The van der Waals surface area contributed by atoms with E-state index in [1.54, 1.807) is 12.3 Å². The number of aromatic nitrogens is 1. The number of unbranched alkanes of at least 4 members (excludes halogenated alkanes) is 1. The Hall–Kier alpha value is -1.76. The summed E-state index contributed by atoms with van der Waals surface area (Å²) in [6.45, 7) is 2.65. The first-order valence-electron chi connectivity index (χ1n) is 4.99. The number of aryl methyl sites for hydroxylation is 1. The van der Waals surface area contributed by atoms with Gasteiger partial charge in [0.2, 0.25) is 0 Å². The van der Waals surface area contributed by atoms with Crippen molar-refractivity contribution < 1.29 is 9.90 Å². The van der Waals surface area contributed by atoms with Gasteiger partial charge in [-0.2, -0.15) is 5.26 Å². The van der Waals surface area contributed by atoms with Gasteiger partial charge in [-0.25, -0.2) is 4.79 Å². The number of carbonyl (C=O) groups is 1. The first-order chi connectivity index (χ1) is 7.20. The summed E-state index contributed by atoms with van der Waals surface area (Å²) in [7, 11) is 0. The second kappa shape index (κ2) is 5.20. The lowest BCUT2D eigenvalue weighted by atomic mass is 10.2. The summed E-state index contributed by atoms with van der Waals surface area (Å²) in [5.41, 5.74) is 1.20. The molecule has 0 aromatic carbocycles. The van der Waals surface area contributed by atoms with E-state index in [2.05, 4.69) is 6.07 Å². The Labute approximate surface area is 88.8 Å². The molecule has 0 aliphatic heterocycles. The highest BCUT2D eigenvalue weighted by molar-refractivity contribution is 5.89. The fourth-order valence-electron chi connectivity index (χ4n) is 1.63. The van der Waals surface area contributed by atoms with E-state index in [9.17, 15) is 4.79 Å². The molecule has 15 heavy (non-hydrogen) atoms. The standard InChI is InChI=1S/C11H14N2O2/c1-2-10-9(11(14)15)5-8-13(10)7-4-3-6-12/h5,8H,2-4,7H2,1H3,(H,14,15). The van der Waals surface area contributed by atoms with E-state index < -0.39 is 5.97 Å². The van der Waals surface area contributed by atoms with Crippen LogP contribution in [0.4, 0.5) is 0 Å². The molecule has 1 heterocycles. The number of rotatable bonds is 5. The van der Waals surface area contributed by atoms with E-state index in [0.717, 1.165) is 12.1 Å². The highest BCUT2D eigenvalue weighted by Crippen LogP contribution is 2.13. The molecule has 0 fully saturated rings. The maximum atomic E-state index is 10.9. The Morgan fingerprint density at radius 3 is 2.93 bits per heavy atom. The predicted molar refractivity (Wildman–Crippen MR) is 55.6 cm³/mol. The van der Waals surface area contributed by atoms with Crippen molar-refractivity contribution in [3.05, 3.63) is 23.5 Å². The molecule has 0 spiro atoms. The molecule has 0 atom stereocenters. The SMILES string of the molecule is CCc1c(C(=O)O)ccn1CCCC#N. The van der Waals surface area contributed by atoms with Crippen LogP contribution in [-0.4, -0.2) is 15.6 Å². The summed E-state index contributed by atoms with van der Waals surface area (Å²) in [6.07, 6.45) is 3.74. The van der Waals surface area contributed by atoms with Crippen LogP contribution >= 0.6 is 0 Å². The van der Waals surface area contributed by atoms with Crippen molar-refractivity contribution >= 4 is 5.97 Å². The van der Waals surface area contributed by atoms with Crippen LogP contribution in [0.2, 0.25) is 0 Å². The highest BCUT2D eigenvalue weighted by atomic mass is 16.4. The molecule has 0 bridgehead atoms. The molecule has 80 valence electrons. The van der Waals surface area contributed by atoms with E-state index in [-0.39, 0.29) is 0 Å². The number of aromatic carboxylic acids is 1. The molecule has 1 aromatic heterocycles. The van der Waals surface area contributed by atoms with Gasteiger partial charge in [-0.1, -0.05) is 6.92 Å². The molecule has 1 aromatic rings. The molecule has 0 unspecified atom stereocenters. The summed E-state index contributed by atoms with van der Waals surface area (Å²) >= 11 is 0. The second-order valence-corrected chi connectivity index (χ2v) is 3.29. The van der Waals surface area contributed by atoms with E-state index >= 15 is 0 Å². The average Bonchev–Trinajstić information content (AvgIpc) is 2.61. The third-order valence-corrected chi connectivity index (χ3v) is 2.33. The van der Waals surface area contributed by atoms with Crippen LogP contribution in [0.15, 0.2) is 12.3 Å². The fraction of sp³-hybridized carbons (Fsp3) is 0.455. The van der Waals surface area contributed by atoms with Crippen molar-refractivity contribution in [2.75, 3.05) is 0 Å². The predicted octanol–water partition coefficient (Wildman–Crippen LogP) is 2.05. The number of carboxylic acid groups (broad SMARTS) is 1. The highest BCUT2D eigenvalue weighted by Gasteiger charge is 2.12.